The molecule has 3 amide bonds. The molecule has 26 heavy (non-hydrogen) atoms. The number of nitrogens with zero attached hydrogens (tertiary/aromatic N) is 1. The molecule has 6 heteroatoms. The molecule has 1 aliphatic heterocycles. The number of nitrogens with one attached hydrogen (secondary N) is 1. The maximum Gasteiger partial charge on any atom is 0.325 e. The minimum absolute atomic E-state index is 0.0350. The van der Waals surface area contributed by atoms with Crippen LogP contribution in [0.4, 0.5) is 4.79 Å². The minimum Gasteiger partial charge on any atom is -0.491 e. The fourth-order valence-electron chi connectivity index (χ4n) is 3.85. The van der Waals surface area contributed by atoms with Crippen molar-refractivity contribution in [2.24, 2.45) is 0 Å². The lowest BCUT2D eigenvalue weighted by atomic mass is 9.98. The first-order chi connectivity index (χ1) is 12.3. The lowest BCUT2D eigenvalue weighted by molar-refractivity contribution is -0.132. The highest BCUT2D eigenvalue weighted by molar-refractivity contribution is 6.07. The number of imide groups is 1. The van der Waals surface area contributed by atoms with Gasteiger partial charge in [0, 0.05) is 0 Å². The number of urea groups is 1. The highest BCUT2D eigenvalue weighted by Gasteiger charge is 2.52. The second kappa shape index (κ2) is 7.27. The molecule has 2 N–H and O–H groups in total. The predicted octanol–water partition coefficient (Wildman–Crippen LogP) is 2.72. The molecule has 1 heterocycles. The van der Waals surface area contributed by atoms with Crippen molar-refractivity contribution in [3.63, 3.8) is 0 Å². The zero-order valence-electron chi connectivity index (χ0n) is 15.7. The van der Waals surface area contributed by atoms with Gasteiger partial charge in [0.25, 0.3) is 5.91 Å². The van der Waals surface area contributed by atoms with Gasteiger partial charge in [-0.15, -0.1) is 0 Å². The van der Waals surface area contributed by atoms with Gasteiger partial charge in [-0.1, -0.05) is 38.8 Å². The quantitative estimate of drug-likeness (QED) is 0.765. The average molecular weight is 360 g/mol. The first kappa shape index (κ1) is 18.7. The summed E-state index contributed by atoms with van der Waals surface area (Å²) in [6, 6.07) is 5.61. The number of hydrogen-bond acceptors (Lipinski definition) is 4. The number of carbonyl (C=O) groups is 2. The van der Waals surface area contributed by atoms with Crippen molar-refractivity contribution in [3.8, 4) is 5.75 Å². The average Bonchev–Trinajstić information content (AvgIpc) is 3.14. The number of rotatable bonds is 6. The van der Waals surface area contributed by atoms with Gasteiger partial charge in [-0.3, -0.25) is 9.69 Å². The van der Waals surface area contributed by atoms with Crippen LogP contribution in [-0.2, 0) is 4.79 Å². The van der Waals surface area contributed by atoms with E-state index in [1.54, 1.807) is 0 Å². The molecule has 1 saturated heterocycles. The van der Waals surface area contributed by atoms with E-state index in [4.69, 9.17) is 4.74 Å². The van der Waals surface area contributed by atoms with Gasteiger partial charge in [-0.25, -0.2) is 4.79 Å². The molecule has 0 bridgehead atoms. The third-order valence-corrected chi connectivity index (χ3v) is 5.32. The number of carbonyl (C=O) groups excluding carboxylic acids is 2. The summed E-state index contributed by atoms with van der Waals surface area (Å²) in [7, 11) is 0. The zero-order valence-corrected chi connectivity index (χ0v) is 15.7. The van der Waals surface area contributed by atoms with Crippen LogP contribution in [0.25, 0.3) is 0 Å². The van der Waals surface area contributed by atoms with Gasteiger partial charge < -0.3 is 15.2 Å². The van der Waals surface area contributed by atoms with Crippen molar-refractivity contribution >= 4 is 11.9 Å². The topological polar surface area (TPSA) is 78.9 Å². The Morgan fingerprint density at radius 1 is 1.27 bits per heavy atom. The summed E-state index contributed by atoms with van der Waals surface area (Å²) in [5.41, 5.74) is 1.41. The van der Waals surface area contributed by atoms with E-state index in [0.717, 1.165) is 34.6 Å². The highest BCUT2D eigenvalue weighted by atomic mass is 16.5. The predicted molar refractivity (Wildman–Crippen MR) is 98.2 cm³/mol. The summed E-state index contributed by atoms with van der Waals surface area (Å²) in [5.74, 6) is 0.830. The molecular formula is C20H28N2O4. The van der Waals surface area contributed by atoms with E-state index in [0.29, 0.717) is 18.8 Å². The van der Waals surface area contributed by atoms with Crippen LogP contribution in [0.3, 0.4) is 0 Å². The van der Waals surface area contributed by atoms with Crippen LogP contribution in [0.5, 0.6) is 5.75 Å². The molecule has 3 rings (SSSR count). The molecule has 6 nitrogen and oxygen atoms in total. The Kier molecular flexibility index (Phi) is 5.23. The molecule has 1 spiro atoms. The Morgan fingerprint density at radius 3 is 2.62 bits per heavy atom. The second-order valence-corrected chi connectivity index (χ2v) is 7.80. The molecule has 142 valence electrons. The third-order valence-electron chi connectivity index (χ3n) is 5.32. The molecule has 1 aliphatic carbocycles. The van der Waals surface area contributed by atoms with Gasteiger partial charge in [0.2, 0.25) is 0 Å². The van der Waals surface area contributed by atoms with Gasteiger partial charge in [0.05, 0.1) is 6.54 Å². The summed E-state index contributed by atoms with van der Waals surface area (Å²) >= 11 is 0. The largest absolute Gasteiger partial charge is 0.491 e. The van der Waals surface area contributed by atoms with Crippen molar-refractivity contribution in [2.75, 3.05) is 13.2 Å². The highest BCUT2D eigenvalue weighted by Crippen LogP contribution is 2.35. The number of aliphatic hydroxyl groups excluding tert-OH is 1. The van der Waals surface area contributed by atoms with E-state index < -0.39 is 17.7 Å². The maximum atomic E-state index is 12.6. The Hall–Kier alpha value is -2.08. The van der Waals surface area contributed by atoms with Gasteiger partial charge >= 0.3 is 6.03 Å². The number of β-amino-alcohol motifs (C(OH)–C–C–N with tert-alkyl or cyclic N) is 1. The number of ether oxygens (including phenoxy) is 1. The first-order valence-corrected chi connectivity index (χ1v) is 9.38. The van der Waals surface area contributed by atoms with Crippen LogP contribution in [-0.4, -0.2) is 46.7 Å². The minimum atomic E-state index is -0.929. The van der Waals surface area contributed by atoms with Crippen LogP contribution in [0.2, 0.25) is 0 Å². The number of benzene rings is 1. The molecule has 1 saturated carbocycles. The standard InChI is InChI=1S/C20H28N2O4/c1-13(2)16-7-6-14(3)10-17(16)26-12-15(23)11-22-18(24)20(21-19(22)25)8-4-5-9-20/h6-7,10,13,15,23H,4-5,8-9,11-12H2,1-3H3,(H,21,25). The van der Waals surface area contributed by atoms with Crippen LogP contribution < -0.4 is 10.1 Å². The summed E-state index contributed by atoms with van der Waals surface area (Å²) in [6.07, 6.45) is 2.32. The number of amides is 3. The summed E-state index contributed by atoms with van der Waals surface area (Å²) < 4.78 is 5.82. The zero-order chi connectivity index (χ0) is 18.9. The van der Waals surface area contributed by atoms with Crippen LogP contribution in [0, 0.1) is 6.92 Å². The third kappa shape index (κ3) is 3.56. The smallest absolute Gasteiger partial charge is 0.325 e. The Morgan fingerprint density at radius 2 is 1.96 bits per heavy atom. The second-order valence-electron chi connectivity index (χ2n) is 7.80. The first-order valence-electron chi connectivity index (χ1n) is 9.38. The molecule has 1 aromatic carbocycles. The van der Waals surface area contributed by atoms with Gasteiger partial charge in [-0.05, 0) is 42.9 Å². The normalized spacial score (nSPS) is 20.1. The van der Waals surface area contributed by atoms with E-state index in [-0.39, 0.29) is 19.1 Å². The van der Waals surface area contributed by atoms with Crippen molar-refractivity contribution in [2.45, 2.75) is 64.0 Å². The summed E-state index contributed by atoms with van der Waals surface area (Å²) in [4.78, 5) is 26.0. The lowest BCUT2D eigenvalue weighted by Crippen LogP contribution is -2.45. The fourth-order valence-corrected chi connectivity index (χ4v) is 3.85. The Labute approximate surface area is 154 Å². The van der Waals surface area contributed by atoms with E-state index in [2.05, 4.69) is 19.2 Å². The Balaban J connectivity index is 1.61. The fraction of sp³-hybridized carbons (Fsp3) is 0.600. The molecule has 0 aromatic heterocycles. The molecule has 0 radical (unpaired) electrons. The van der Waals surface area contributed by atoms with Crippen molar-refractivity contribution in [3.05, 3.63) is 29.3 Å². The number of aryl methyl sites for hydroxylation is 1. The van der Waals surface area contributed by atoms with E-state index >= 15 is 0 Å². The van der Waals surface area contributed by atoms with E-state index in [9.17, 15) is 14.7 Å². The molecule has 1 atom stereocenters. The molecule has 2 fully saturated rings. The molecule has 1 aromatic rings. The van der Waals surface area contributed by atoms with Crippen molar-refractivity contribution in [1.29, 1.82) is 0 Å². The molecule has 1 unspecified atom stereocenters. The van der Waals surface area contributed by atoms with Crippen LogP contribution in [0.15, 0.2) is 18.2 Å². The van der Waals surface area contributed by atoms with Crippen molar-refractivity contribution in [1.82, 2.24) is 10.2 Å². The summed E-state index contributed by atoms with van der Waals surface area (Å²) in [5, 5.41) is 13.2. The van der Waals surface area contributed by atoms with E-state index in [1.807, 2.05) is 25.1 Å². The maximum absolute atomic E-state index is 12.6. The lowest BCUT2D eigenvalue weighted by Gasteiger charge is -2.22. The van der Waals surface area contributed by atoms with Gasteiger partial charge in [0.15, 0.2) is 0 Å². The molecular weight excluding hydrogens is 332 g/mol. The monoisotopic (exact) mass is 360 g/mol. The van der Waals surface area contributed by atoms with Gasteiger partial charge in [0.1, 0.15) is 24.0 Å². The van der Waals surface area contributed by atoms with Crippen molar-refractivity contribution < 1.29 is 19.4 Å². The number of aliphatic hydroxyl groups is 1. The van der Waals surface area contributed by atoms with Crippen LogP contribution >= 0.6 is 0 Å². The van der Waals surface area contributed by atoms with Crippen LogP contribution in [0.1, 0.15) is 56.6 Å². The van der Waals surface area contributed by atoms with Gasteiger partial charge in [-0.2, -0.15) is 0 Å². The van der Waals surface area contributed by atoms with E-state index in [1.165, 1.54) is 0 Å². The SMILES string of the molecule is Cc1ccc(C(C)C)c(OCC(O)CN2C(=O)NC3(CCCC3)C2=O)c1. The Bertz CT molecular complexity index is 695. The number of hydrogen-bond donors (Lipinski definition) is 2. The molecule has 2 aliphatic rings. The summed E-state index contributed by atoms with van der Waals surface area (Å²) in [6.45, 7) is 6.15.